The molecule has 1 heterocycles. The first kappa shape index (κ1) is 12.3. The van der Waals surface area contributed by atoms with E-state index in [1.165, 1.54) is 0 Å². The van der Waals surface area contributed by atoms with Gasteiger partial charge in [0.25, 0.3) is 0 Å². The van der Waals surface area contributed by atoms with Crippen LogP contribution in [0.15, 0.2) is 18.5 Å². The summed E-state index contributed by atoms with van der Waals surface area (Å²) in [4.78, 5) is 0. The summed E-state index contributed by atoms with van der Waals surface area (Å²) in [5, 5.41) is 10.6. The van der Waals surface area contributed by atoms with E-state index >= 15 is 0 Å². The number of hydrogen-bond acceptors (Lipinski definition) is 4. The molecule has 0 saturated heterocycles. The Bertz CT molecular complexity index is 567. The highest BCUT2D eigenvalue weighted by molar-refractivity contribution is 5.67. The molecule has 0 fully saturated rings. The predicted molar refractivity (Wildman–Crippen MR) is 63.8 cm³/mol. The summed E-state index contributed by atoms with van der Waals surface area (Å²) in [6, 6.07) is 1.61. The van der Waals surface area contributed by atoms with Crippen LogP contribution in [-0.4, -0.2) is 14.8 Å². The number of anilines is 2. The van der Waals surface area contributed by atoms with Gasteiger partial charge in [0, 0.05) is 13.1 Å². The molecule has 1 aromatic carbocycles. The highest BCUT2D eigenvalue weighted by Gasteiger charge is 2.14. The van der Waals surface area contributed by atoms with Gasteiger partial charge < -0.3 is 15.6 Å². The van der Waals surface area contributed by atoms with Gasteiger partial charge in [-0.1, -0.05) is 0 Å². The average Bonchev–Trinajstić information content (AvgIpc) is 2.71. The highest BCUT2D eigenvalue weighted by Crippen LogP contribution is 2.26. The number of aromatic nitrogens is 3. The van der Waals surface area contributed by atoms with Crippen molar-refractivity contribution in [2.75, 3.05) is 11.1 Å². The molecule has 0 aliphatic heterocycles. The van der Waals surface area contributed by atoms with Crippen LogP contribution < -0.4 is 11.1 Å². The number of nitrogen functional groups attached to an aromatic ring is 1. The zero-order valence-electron chi connectivity index (χ0n) is 9.98. The van der Waals surface area contributed by atoms with Crippen molar-refractivity contribution >= 4 is 11.4 Å². The average molecular weight is 253 g/mol. The van der Waals surface area contributed by atoms with E-state index in [2.05, 4.69) is 15.5 Å². The van der Waals surface area contributed by atoms with E-state index < -0.39 is 11.6 Å². The molecule has 3 N–H and O–H groups in total. The van der Waals surface area contributed by atoms with Gasteiger partial charge in [0.1, 0.15) is 12.1 Å². The maximum atomic E-state index is 13.3. The standard InChI is InChI=1S/C11H13F2N5/c1-6(11-17-15-5-18(11)2)16-9-4-7(12)3-8(13)10(9)14/h3-6,16H,14H2,1-2H3. The Labute approximate surface area is 103 Å². The summed E-state index contributed by atoms with van der Waals surface area (Å²) in [6.45, 7) is 1.80. The number of halogens is 2. The molecule has 96 valence electrons. The first-order chi connectivity index (χ1) is 8.49. The predicted octanol–water partition coefficient (Wildman–Crippen LogP) is 1.85. The highest BCUT2D eigenvalue weighted by atomic mass is 19.1. The lowest BCUT2D eigenvalue weighted by Gasteiger charge is -2.16. The second-order valence-corrected chi connectivity index (χ2v) is 4.01. The molecule has 0 spiro atoms. The summed E-state index contributed by atoms with van der Waals surface area (Å²) in [5.41, 5.74) is 5.62. The lowest BCUT2D eigenvalue weighted by molar-refractivity contribution is 0.586. The molecule has 5 nitrogen and oxygen atoms in total. The van der Waals surface area contributed by atoms with Crippen LogP contribution in [0.2, 0.25) is 0 Å². The molecule has 18 heavy (non-hydrogen) atoms. The van der Waals surface area contributed by atoms with Gasteiger partial charge in [0.05, 0.1) is 17.4 Å². The zero-order chi connectivity index (χ0) is 13.3. The van der Waals surface area contributed by atoms with Crippen molar-refractivity contribution in [3.05, 3.63) is 35.9 Å². The molecule has 1 aromatic heterocycles. The quantitative estimate of drug-likeness (QED) is 0.819. The molecule has 0 radical (unpaired) electrons. The van der Waals surface area contributed by atoms with Crippen LogP contribution in [0, 0.1) is 11.6 Å². The van der Waals surface area contributed by atoms with Gasteiger partial charge in [0.2, 0.25) is 0 Å². The van der Waals surface area contributed by atoms with Crippen LogP contribution >= 0.6 is 0 Å². The summed E-state index contributed by atoms with van der Waals surface area (Å²) in [5.74, 6) is -0.837. The summed E-state index contributed by atoms with van der Waals surface area (Å²) < 4.78 is 28.1. The number of benzene rings is 1. The zero-order valence-corrected chi connectivity index (χ0v) is 9.98. The molecule has 0 bridgehead atoms. The summed E-state index contributed by atoms with van der Waals surface area (Å²) in [6.07, 6.45) is 1.54. The molecule has 1 unspecified atom stereocenters. The third-order valence-corrected chi connectivity index (χ3v) is 2.60. The Morgan fingerprint density at radius 3 is 2.72 bits per heavy atom. The Hall–Kier alpha value is -2.18. The number of aryl methyl sites for hydroxylation is 1. The number of rotatable bonds is 3. The SMILES string of the molecule is CC(Nc1cc(F)cc(F)c1N)c1nncn1C. The van der Waals surface area contributed by atoms with Crippen molar-refractivity contribution in [2.24, 2.45) is 7.05 Å². The minimum Gasteiger partial charge on any atom is -0.395 e. The third kappa shape index (κ3) is 2.24. The molecule has 2 rings (SSSR count). The second kappa shape index (κ2) is 4.59. The minimum atomic E-state index is -0.789. The van der Waals surface area contributed by atoms with E-state index in [-0.39, 0.29) is 17.4 Å². The fourth-order valence-corrected chi connectivity index (χ4v) is 1.69. The summed E-state index contributed by atoms with van der Waals surface area (Å²) >= 11 is 0. The van der Waals surface area contributed by atoms with Gasteiger partial charge in [-0.2, -0.15) is 0 Å². The van der Waals surface area contributed by atoms with Crippen LogP contribution in [0.25, 0.3) is 0 Å². The van der Waals surface area contributed by atoms with E-state index in [9.17, 15) is 8.78 Å². The van der Waals surface area contributed by atoms with Gasteiger partial charge in [-0.05, 0) is 13.0 Å². The number of nitrogens with one attached hydrogen (secondary N) is 1. The lowest BCUT2D eigenvalue weighted by Crippen LogP contribution is -2.13. The monoisotopic (exact) mass is 253 g/mol. The van der Waals surface area contributed by atoms with Gasteiger partial charge in [-0.15, -0.1) is 10.2 Å². The minimum absolute atomic E-state index is 0.120. The number of nitrogens with two attached hydrogens (primary N) is 1. The molecule has 0 saturated carbocycles. The first-order valence-corrected chi connectivity index (χ1v) is 5.34. The van der Waals surface area contributed by atoms with Crippen LogP contribution in [0.3, 0.4) is 0 Å². The maximum absolute atomic E-state index is 13.3. The fourth-order valence-electron chi connectivity index (χ4n) is 1.69. The molecular formula is C11H13F2N5. The Morgan fingerprint density at radius 2 is 2.11 bits per heavy atom. The maximum Gasteiger partial charge on any atom is 0.154 e. The van der Waals surface area contributed by atoms with Crippen molar-refractivity contribution in [3.63, 3.8) is 0 Å². The fraction of sp³-hybridized carbons (Fsp3) is 0.273. The van der Waals surface area contributed by atoms with E-state index in [0.717, 1.165) is 12.1 Å². The Morgan fingerprint density at radius 1 is 1.39 bits per heavy atom. The molecular weight excluding hydrogens is 240 g/mol. The topological polar surface area (TPSA) is 68.8 Å². The van der Waals surface area contributed by atoms with Crippen molar-refractivity contribution < 1.29 is 8.78 Å². The smallest absolute Gasteiger partial charge is 0.154 e. The molecule has 7 heteroatoms. The Kier molecular flexibility index (Phi) is 3.14. The normalized spacial score (nSPS) is 12.4. The van der Waals surface area contributed by atoms with Crippen LogP contribution in [0.5, 0.6) is 0 Å². The van der Waals surface area contributed by atoms with Gasteiger partial charge in [0.15, 0.2) is 11.6 Å². The lowest BCUT2D eigenvalue weighted by atomic mass is 10.2. The second-order valence-electron chi connectivity index (χ2n) is 4.01. The molecule has 0 aliphatic rings. The number of hydrogen-bond donors (Lipinski definition) is 2. The Balaban J connectivity index is 2.27. The van der Waals surface area contributed by atoms with E-state index in [0.29, 0.717) is 5.82 Å². The largest absolute Gasteiger partial charge is 0.395 e. The van der Waals surface area contributed by atoms with Gasteiger partial charge in [-0.3, -0.25) is 0 Å². The number of nitrogens with zero attached hydrogens (tertiary/aromatic N) is 3. The van der Waals surface area contributed by atoms with Crippen LogP contribution in [0.4, 0.5) is 20.2 Å². The van der Waals surface area contributed by atoms with Gasteiger partial charge >= 0.3 is 0 Å². The van der Waals surface area contributed by atoms with Gasteiger partial charge in [-0.25, -0.2) is 8.78 Å². The molecule has 1 atom stereocenters. The van der Waals surface area contributed by atoms with Crippen LogP contribution in [-0.2, 0) is 7.05 Å². The first-order valence-electron chi connectivity index (χ1n) is 5.34. The van der Waals surface area contributed by atoms with E-state index in [4.69, 9.17) is 5.73 Å². The molecule has 0 aliphatic carbocycles. The van der Waals surface area contributed by atoms with Crippen molar-refractivity contribution in [3.8, 4) is 0 Å². The van der Waals surface area contributed by atoms with Crippen molar-refractivity contribution in [1.82, 2.24) is 14.8 Å². The van der Waals surface area contributed by atoms with E-state index in [1.807, 2.05) is 0 Å². The van der Waals surface area contributed by atoms with Crippen LogP contribution in [0.1, 0.15) is 18.8 Å². The van der Waals surface area contributed by atoms with Crippen molar-refractivity contribution in [2.45, 2.75) is 13.0 Å². The molecule has 2 aromatic rings. The van der Waals surface area contributed by atoms with E-state index in [1.54, 1.807) is 24.9 Å². The summed E-state index contributed by atoms with van der Waals surface area (Å²) in [7, 11) is 1.78. The third-order valence-electron chi connectivity index (χ3n) is 2.60. The van der Waals surface area contributed by atoms with Crippen molar-refractivity contribution in [1.29, 1.82) is 0 Å². The molecule has 0 amide bonds.